The van der Waals surface area contributed by atoms with Gasteiger partial charge in [0.15, 0.2) is 11.5 Å². The largest absolute Gasteiger partial charge is 0.493 e. The van der Waals surface area contributed by atoms with Crippen LogP contribution in [0.1, 0.15) is 24.0 Å². The monoisotopic (exact) mass is 537 g/mol. The number of hydrogen-bond acceptors (Lipinski definition) is 5. The topological polar surface area (TPSA) is 63.2 Å². The Kier molecular flexibility index (Phi) is 8.30. The van der Waals surface area contributed by atoms with E-state index in [1.54, 1.807) is 26.5 Å². The third-order valence-electron chi connectivity index (χ3n) is 5.12. The van der Waals surface area contributed by atoms with E-state index in [1.165, 1.54) is 5.56 Å². The number of nitrogens with one attached hydrogen (secondary N) is 1. The lowest BCUT2D eigenvalue weighted by atomic mass is 9.96. The van der Waals surface area contributed by atoms with E-state index >= 15 is 0 Å². The first-order chi connectivity index (χ1) is 14.5. The second-order valence-electron chi connectivity index (χ2n) is 7.15. The van der Waals surface area contributed by atoms with Gasteiger partial charge in [0.2, 0.25) is 5.91 Å². The average Bonchev–Trinajstić information content (AvgIpc) is 2.75. The summed E-state index contributed by atoms with van der Waals surface area (Å²) in [6, 6.07) is 12.0. The summed E-state index contributed by atoms with van der Waals surface area (Å²) >= 11 is 6.92. The van der Waals surface area contributed by atoms with Crippen LogP contribution in [0, 0.1) is 5.92 Å². The lowest BCUT2D eigenvalue weighted by Crippen LogP contribution is -2.39. The molecule has 0 aliphatic carbocycles. The minimum Gasteiger partial charge on any atom is -0.493 e. The fourth-order valence-electron chi connectivity index (χ4n) is 3.48. The second kappa shape index (κ2) is 10.9. The van der Waals surface area contributed by atoms with Gasteiger partial charge >= 0.3 is 0 Å². The molecule has 1 aliphatic heterocycles. The predicted octanol–water partition coefficient (Wildman–Crippen LogP) is 4.59. The molecule has 0 aromatic heterocycles. The summed E-state index contributed by atoms with van der Waals surface area (Å²) in [4.78, 5) is 14.9. The molecule has 1 fully saturated rings. The maximum absolute atomic E-state index is 12.5. The van der Waals surface area contributed by atoms with Gasteiger partial charge < -0.3 is 9.47 Å². The van der Waals surface area contributed by atoms with Crippen molar-refractivity contribution in [3.8, 4) is 11.5 Å². The molecule has 0 spiro atoms. The van der Waals surface area contributed by atoms with Crippen LogP contribution >= 0.6 is 31.9 Å². The Bertz CT molecular complexity index is 895. The highest BCUT2D eigenvalue weighted by Crippen LogP contribution is 2.35. The summed E-state index contributed by atoms with van der Waals surface area (Å²) in [7, 11) is 3.16. The molecule has 1 saturated heterocycles. The minimum absolute atomic E-state index is 0.0135. The fourth-order valence-corrected chi connectivity index (χ4v) is 4.36. The number of nitrogens with zero attached hydrogens (tertiary/aromatic N) is 2. The molecule has 1 aliphatic rings. The van der Waals surface area contributed by atoms with Gasteiger partial charge in [-0.3, -0.25) is 9.69 Å². The number of benzene rings is 2. The van der Waals surface area contributed by atoms with E-state index in [0.717, 1.165) is 47.0 Å². The Morgan fingerprint density at radius 2 is 1.87 bits per heavy atom. The van der Waals surface area contributed by atoms with Crippen molar-refractivity contribution in [2.75, 3.05) is 27.3 Å². The summed E-state index contributed by atoms with van der Waals surface area (Å²) < 4.78 is 12.5. The molecule has 0 radical (unpaired) electrons. The molecule has 1 N–H and O–H groups in total. The zero-order chi connectivity index (χ0) is 21.5. The zero-order valence-electron chi connectivity index (χ0n) is 17.0. The molecule has 1 amide bonds. The Hall–Kier alpha value is -1.90. The van der Waals surface area contributed by atoms with E-state index in [1.807, 2.05) is 6.07 Å². The predicted molar refractivity (Wildman–Crippen MR) is 125 cm³/mol. The average molecular weight is 539 g/mol. The van der Waals surface area contributed by atoms with Crippen LogP contribution in [0.25, 0.3) is 0 Å². The fraction of sp³-hybridized carbons (Fsp3) is 0.364. The van der Waals surface area contributed by atoms with E-state index in [4.69, 9.17) is 9.47 Å². The third kappa shape index (κ3) is 6.06. The number of piperidine rings is 1. The Balaban J connectivity index is 1.49. The van der Waals surface area contributed by atoms with E-state index in [2.05, 4.69) is 71.6 Å². The number of hydrogen-bond donors (Lipinski definition) is 1. The van der Waals surface area contributed by atoms with Crippen LogP contribution in [0.2, 0.25) is 0 Å². The highest BCUT2D eigenvalue weighted by Gasteiger charge is 2.24. The lowest BCUT2D eigenvalue weighted by Gasteiger charge is -2.30. The summed E-state index contributed by atoms with van der Waals surface area (Å²) in [6.07, 6.45) is 3.27. The van der Waals surface area contributed by atoms with Crippen molar-refractivity contribution < 1.29 is 14.3 Å². The highest BCUT2D eigenvalue weighted by atomic mass is 79.9. The SMILES string of the molecule is COc1cc(/C=N\NC(=O)C2CCN(Cc3ccc(Br)cc3)CC2)cc(Br)c1OC. The summed E-state index contributed by atoms with van der Waals surface area (Å²) in [5.41, 5.74) is 4.76. The first kappa shape index (κ1) is 22.8. The Morgan fingerprint density at radius 3 is 2.50 bits per heavy atom. The molecule has 0 unspecified atom stereocenters. The van der Waals surface area contributed by atoms with Crippen LogP contribution in [-0.2, 0) is 11.3 Å². The van der Waals surface area contributed by atoms with Crippen molar-refractivity contribution in [2.24, 2.45) is 11.0 Å². The first-order valence-corrected chi connectivity index (χ1v) is 11.3. The van der Waals surface area contributed by atoms with Crippen LogP contribution in [0.4, 0.5) is 0 Å². The van der Waals surface area contributed by atoms with Gasteiger partial charge in [-0.25, -0.2) is 5.43 Å². The Morgan fingerprint density at radius 1 is 1.17 bits per heavy atom. The summed E-state index contributed by atoms with van der Waals surface area (Å²) in [6.45, 7) is 2.72. The van der Waals surface area contributed by atoms with Crippen molar-refractivity contribution in [3.63, 3.8) is 0 Å². The molecule has 0 bridgehead atoms. The van der Waals surface area contributed by atoms with Gasteiger partial charge in [-0.2, -0.15) is 5.10 Å². The molecule has 3 rings (SSSR count). The smallest absolute Gasteiger partial charge is 0.243 e. The van der Waals surface area contributed by atoms with Crippen molar-refractivity contribution in [1.82, 2.24) is 10.3 Å². The third-order valence-corrected chi connectivity index (χ3v) is 6.24. The zero-order valence-corrected chi connectivity index (χ0v) is 20.2. The van der Waals surface area contributed by atoms with E-state index in [9.17, 15) is 4.79 Å². The normalized spacial score (nSPS) is 15.3. The maximum Gasteiger partial charge on any atom is 0.243 e. The number of carbonyl (C=O) groups excluding carboxylic acids is 1. The van der Waals surface area contributed by atoms with Gasteiger partial charge in [0.1, 0.15) is 0 Å². The van der Waals surface area contributed by atoms with Crippen molar-refractivity contribution in [3.05, 3.63) is 56.5 Å². The van der Waals surface area contributed by atoms with Gasteiger partial charge in [0, 0.05) is 16.9 Å². The standard InChI is InChI=1S/C22H25Br2N3O3/c1-29-20-12-16(11-19(24)21(20)30-2)13-25-26-22(28)17-7-9-27(10-8-17)14-15-3-5-18(23)6-4-15/h3-6,11-13,17H,7-10,14H2,1-2H3,(H,26,28)/b25-13-. The number of amides is 1. The van der Waals surface area contributed by atoms with Gasteiger partial charge in [-0.15, -0.1) is 0 Å². The number of hydrazone groups is 1. The van der Waals surface area contributed by atoms with Gasteiger partial charge in [0.05, 0.1) is 24.9 Å². The first-order valence-electron chi connectivity index (χ1n) is 9.71. The van der Waals surface area contributed by atoms with Crippen LogP contribution in [0.15, 0.2) is 50.4 Å². The maximum atomic E-state index is 12.5. The highest BCUT2D eigenvalue weighted by molar-refractivity contribution is 9.10. The number of likely N-dealkylation sites (tertiary alicyclic amines) is 1. The number of methoxy groups -OCH3 is 2. The molecular weight excluding hydrogens is 514 g/mol. The second-order valence-corrected chi connectivity index (χ2v) is 8.92. The van der Waals surface area contributed by atoms with E-state index < -0.39 is 0 Å². The number of carbonyl (C=O) groups is 1. The molecule has 8 heteroatoms. The van der Waals surface area contributed by atoms with Crippen LogP contribution in [0.5, 0.6) is 11.5 Å². The number of ether oxygens (including phenoxy) is 2. The molecular formula is C22H25Br2N3O3. The van der Waals surface area contributed by atoms with Gasteiger partial charge in [0.25, 0.3) is 0 Å². The minimum atomic E-state index is -0.0333. The Labute approximate surface area is 193 Å². The van der Waals surface area contributed by atoms with Crippen molar-refractivity contribution >= 4 is 44.0 Å². The molecule has 6 nitrogen and oxygen atoms in total. The molecule has 2 aromatic rings. The molecule has 0 atom stereocenters. The molecule has 160 valence electrons. The lowest BCUT2D eigenvalue weighted by molar-refractivity contribution is -0.126. The molecule has 1 heterocycles. The molecule has 30 heavy (non-hydrogen) atoms. The summed E-state index contributed by atoms with van der Waals surface area (Å²) in [5.74, 6) is 1.17. The quantitative estimate of drug-likeness (QED) is 0.413. The van der Waals surface area contributed by atoms with E-state index in [-0.39, 0.29) is 11.8 Å². The molecule has 2 aromatic carbocycles. The summed E-state index contributed by atoms with van der Waals surface area (Å²) in [5, 5.41) is 4.12. The van der Waals surface area contributed by atoms with Crippen LogP contribution in [0.3, 0.4) is 0 Å². The number of rotatable bonds is 7. The van der Waals surface area contributed by atoms with Crippen molar-refractivity contribution in [1.29, 1.82) is 0 Å². The van der Waals surface area contributed by atoms with Crippen molar-refractivity contribution in [2.45, 2.75) is 19.4 Å². The van der Waals surface area contributed by atoms with Crippen LogP contribution in [-0.4, -0.2) is 44.3 Å². The number of halogens is 2. The molecule has 0 saturated carbocycles. The van der Waals surface area contributed by atoms with Gasteiger partial charge in [-0.1, -0.05) is 28.1 Å². The van der Waals surface area contributed by atoms with Crippen LogP contribution < -0.4 is 14.9 Å². The van der Waals surface area contributed by atoms with Gasteiger partial charge in [-0.05, 0) is 77.3 Å². The van der Waals surface area contributed by atoms with E-state index in [0.29, 0.717) is 11.5 Å².